The average molecular weight is 255 g/mol. The lowest BCUT2D eigenvalue weighted by atomic mass is 10.0. The highest BCUT2D eigenvalue weighted by Crippen LogP contribution is 2.35. The summed E-state index contributed by atoms with van der Waals surface area (Å²) in [5.74, 6) is 0.0787. The van der Waals surface area contributed by atoms with Gasteiger partial charge in [0, 0.05) is 17.6 Å². The molecule has 2 rings (SSSR count). The van der Waals surface area contributed by atoms with Crippen LogP contribution in [0.15, 0.2) is 18.2 Å². The van der Waals surface area contributed by atoms with Crippen molar-refractivity contribution in [3.63, 3.8) is 0 Å². The summed E-state index contributed by atoms with van der Waals surface area (Å²) in [6.45, 7) is 2.91. The number of rotatable bonds is 1. The minimum Gasteiger partial charge on any atom is -0.366 e. The minimum atomic E-state index is 0.0787. The van der Waals surface area contributed by atoms with Gasteiger partial charge in [0.1, 0.15) is 0 Å². The molecule has 2 unspecified atom stereocenters. The second-order valence-electron chi connectivity index (χ2n) is 4.05. The molecule has 1 aliphatic heterocycles. The van der Waals surface area contributed by atoms with Gasteiger partial charge in [0.2, 0.25) is 0 Å². The fourth-order valence-corrected chi connectivity index (χ4v) is 2.55. The molecule has 84 valence electrons. The van der Waals surface area contributed by atoms with Gasteiger partial charge in [-0.15, -0.1) is 0 Å². The predicted octanol–water partition coefficient (Wildman–Crippen LogP) is 3.73. The van der Waals surface area contributed by atoms with Crippen molar-refractivity contribution in [2.45, 2.75) is 19.4 Å². The van der Waals surface area contributed by atoms with Crippen molar-refractivity contribution in [1.29, 1.82) is 5.26 Å². The molecular formula is C12H12Cl2N2. The molecule has 0 N–H and O–H groups in total. The van der Waals surface area contributed by atoms with Gasteiger partial charge in [-0.3, -0.25) is 0 Å². The van der Waals surface area contributed by atoms with Crippen LogP contribution in [0, 0.1) is 17.2 Å². The number of nitriles is 1. The molecule has 1 aromatic rings. The molecule has 16 heavy (non-hydrogen) atoms. The Hall–Kier alpha value is -0.910. The van der Waals surface area contributed by atoms with Gasteiger partial charge >= 0.3 is 0 Å². The van der Waals surface area contributed by atoms with Gasteiger partial charge in [0.05, 0.1) is 22.7 Å². The largest absolute Gasteiger partial charge is 0.366 e. The molecule has 0 radical (unpaired) electrons. The maximum Gasteiger partial charge on any atom is 0.0681 e. The Kier molecular flexibility index (Phi) is 3.28. The van der Waals surface area contributed by atoms with E-state index in [1.165, 1.54) is 0 Å². The monoisotopic (exact) mass is 254 g/mol. The zero-order valence-electron chi connectivity index (χ0n) is 8.95. The molecule has 0 bridgehead atoms. The summed E-state index contributed by atoms with van der Waals surface area (Å²) in [7, 11) is 0. The van der Waals surface area contributed by atoms with Crippen LogP contribution in [0.3, 0.4) is 0 Å². The number of anilines is 1. The third-order valence-corrected chi connectivity index (χ3v) is 3.69. The highest BCUT2D eigenvalue weighted by molar-refractivity contribution is 6.35. The van der Waals surface area contributed by atoms with Crippen molar-refractivity contribution in [2.24, 2.45) is 5.92 Å². The molecule has 0 spiro atoms. The smallest absolute Gasteiger partial charge is 0.0681 e. The second-order valence-corrected chi connectivity index (χ2v) is 4.90. The lowest BCUT2D eigenvalue weighted by Crippen LogP contribution is -2.29. The van der Waals surface area contributed by atoms with Gasteiger partial charge in [0.25, 0.3) is 0 Å². The van der Waals surface area contributed by atoms with Crippen LogP contribution >= 0.6 is 23.2 Å². The normalized spacial score (nSPS) is 24.5. The highest BCUT2D eigenvalue weighted by Gasteiger charge is 2.31. The van der Waals surface area contributed by atoms with Crippen LogP contribution in [0.1, 0.15) is 13.3 Å². The molecule has 1 fully saturated rings. The summed E-state index contributed by atoms with van der Waals surface area (Å²) < 4.78 is 0. The maximum atomic E-state index is 8.99. The molecule has 1 aliphatic rings. The van der Waals surface area contributed by atoms with Crippen molar-refractivity contribution >= 4 is 28.9 Å². The Morgan fingerprint density at radius 3 is 2.81 bits per heavy atom. The quantitative estimate of drug-likeness (QED) is 0.764. The zero-order valence-corrected chi connectivity index (χ0v) is 10.5. The number of benzene rings is 1. The van der Waals surface area contributed by atoms with Crippen molar-refractivity contribution in [3.05, 3.63) is 28.2 Å². The lowest BCUT2D eigenvalue weighted by molar-refractivity contribution is 0.615. The number of hydrogen-bond acceptors (Lipinski definition) is 2. The van der Waals surface area contributed by atoms with Crippen molar-refractivity contribution < 1.29 is 0 Å². The summed E-state index contributed by atoms with van der Waals surface area (Å²) in [5, 5.41) is 10.4. The minimum absolute atomic E-state index is 0.0787. The summed E-state index contributed by atoms with van der Waals surface area (Å²) in [5.41, 5.74) is 0.930. The van der Waals surface area contributed by atoms with Gasteiger partial charge in [-0.25, -0.2) is 0 Å². The molecular weight excluding hydrogens is 243 g/mol. The Labute approximate surface area is 105 Å². The summed E-state index contributed by atoms with van der Waals surface area (Å²) in [6, 6.07) is 7.96. The van der Waals surface area contributed by atoms with Crippen molar-refractivity contribution in [1.82, 2.24) is 0 Å². The SMILES string of the molecule is CC1C(C#N)CCN1c1cc(Cl)ccc1Cl. The molecule has 4 heteroatoms. The lowest BCUT2D eigenvalue weighted by Gasteiger charge is -2.25. The van der Waals surface area contributed by atoms with Gasteiger partial charge < -0.3 is 4.90 Å². The molecule has 0 aliphatic carbocycles. The van der Waals surface area contributed by atoms with Crippen LogP contribution in [0.4, 0.5) is 5.69 Å². The maximum absolute atomic E-state index is 8.99. The molecule has 2 nitrogen and oxygen atoms in total. The predicted molar refractivity (Wildman–Crippen MR) is 67.0 cm³/mol. The Morgan fingerprint density at radius 2 is 2.19 bits per heavy atom. The average Bonchev–Trinajstić information content (AvgIpc) is 2.63. The van der Waals surface area contributed by atoms with Gasteiger partial charge in [-0.1, -0.05) is 23.2 Å². The third-order valence-electron chi connectivity index (χ3n) is 3.14. The van der Waals surface area contributed by atoms with Crippen LogP contribution < -0.4 is 4.90 Å². The summed E-state index contributed by atoms with van der Waals surface area (Å²) in [4.78, 5) is 2.15. The first kappa shape index (κ1) is 11.6. The fourth-order valence-electron chi connectivity index (χ4n) is 2.16. The number of hydrogen-bond donors (Lipinski definition) is 0. The Morgan fingerprint density at radius 1 is 1.44 bits per heavy atom. The van der Waals surface area contributed by atoms with E-state index >= 15 is 0 Å². The highest BCUT2D eigenvalue weighted by atomic mass is 35.5. The zero-order chi connectivity index (χ0) is 11.7. The van der Waals surface area contributed by atoms with Crippen LogP contribution in [0.25, 0.3) is 0 Å². The van der Waals surface area contributed by atoms with E-state index in [-0.39, 0.29) is 12.0 Å². The molecule has 1 aromatic carbocycles. The topological polar surface area (TPSA) is 27.0 Å². The van der Waals surface area contributed by atoms with E-state index in [1.54, 1.807) is 12.1 Å². The van der Waals surface area contributed by atoms with E-state index in [9.17, 15) is 0 Å². The fraction of sp³-hybridized carbons (Fsp3) is 0.417. The van der Waals surface area contributed by atoms with E-state index in [1.807, 2.05) is 6.07 Å². The summed E-state index contributed by atoms with van der Waals surface area (Å²) >= 11 is 12.1. The van der Waals surface area contributed by atoms with Crippen LogP contribution in [-0.4, -0.2) is 12.6 Å². The van der Waals surface area contributed by atoms with E-state index in [4.69, 9.17) is 28.5 Å². The van der Waals surface area contributed by atoms with E-state index in [2.05, 4.69) is 17.9 Å². The molecule has 0 amide bonds. The number of nitrogens with zero attached hydrogens (tertiary/aromatic N) is 2. The molecule has 2 atom stereocenters. The standard InChI is InChI=1S/C12H12Cl2N2/c1-8-9(7-15)4-5-16(8)12-6-10(13)2-3-11(12)14/h2-3,6,8-9H,4-5H2,1H3. The molecule has 1 saturated heterocycles. The first-order valence-electron chi connectivity index (χ1n) is 5.25. The Bertz CT molecular complexity index is 439. The van der Waals surface area contributed by atoms with Crippen molar-refractivity contribution in [2.75, 3.05) is 11.4 Å². The Balaban J connectivity index is 2.32. The summed E-state index contributed by atoms with van der Waals surface area (Å²) in [6.07, 6.45) is 0.889. The van der Waals surface area contributed by atoms with Crippen LogP contribution in [0.2, 0.25) is 10.0 Å². The van der Waals surface area contributed by atoms with Crippen LogP contribution in [-0.2, 0) is 0 Å². The van der Waals surface area contributed by atoms with Crippen LogP contribution in [0.5, 0.6) is 0 Å². The third kappa shape index (κ3) is 1.98. The second kappa shape index (κ2) is 4.53. The van der Waals surface area contributed by atoms with Gasteiger partial charge in [-0.2, -0.15) is 5.26 Å². The van der Waals surface area contributed by atoms with E-state index in [0.717, 1.165) is 18.7 Å². The molecule has 1 heterocycles. The molecule has 0 aromatic heterocycles. The van der Waals surface area contributed by atoms with E-state index in [0.29, 0.717) is 10.0 Å². The van der Waals surface area contributed by atoms with Gasteiger partial charge in [-0.05, 0) is 31.5 Å². The first-order valence-corrected chi connectivity index (χ1v) is 6.00. The number of halogens is 2. The van der Waals surface area contributed by atoms with Crippen molar-refractivity contribution in [3.8, 4) is 6.07 Å². The first-order chi connectivity index (χ1) is 7.63. The van der Waals surface area contributed by atoms with Gasteiger partial charge in [0.15, 0.2) is 0 Å². The molecule has 0 saturated carbocycles. The van der Waals surface area contributed by atoms with E-state index < -0.39 is 0 Å².